The summed E-state index contributed by atoms with van der Waals surface area (Å²) in [6.07, 6.45) is 3.81. The second kappa shape index (κ2) is 8.52. The van der Waals surface area contributed by atoms with Crippen LogP contribution in [0.4, 0.5) is 10.2 Å². The maximum absolute atomic E-state index is 14.7. The number of benzene rings is 1. The molecule has 160 valence electrons. The Hall–Kier alpha value is -3.17. The van der Waals surface area contributed by atoms with E-state index in [1.807, 2.05) is 19.1 Å². The van der Waals surface area contributed by atoms with Crippen molar-refractivity contribution < 1.29 is 9.13 Å². The summed E-state index contributed by atoms with van der Waals surface area (Å²) in [7, 11) is 0. The average molecular weight is 421 g/mol. The predicted octanol–water partition coefficient (Wildman–Crippen LogP) is 3.09. The highest BCUT2D eigenvalue weighted by molar-refractivity contribution is 5.86. The summed E-state index contributed by atoms with van der Waals surface area (Å²) in [5.74, 6) is 0.402. The van der Waals surface area contributed by atoms with E-state index in [4.69, 9.17) is 9.72 Å². The van der Waals surface area contributed by atoms with E-state index < -0.39 is 0 Å². The van der Waals surface area contributed by atoms with Crippen molar-refractivity contribution >= 4 is 27.8 Å². The van der Waals surface area contributed by atoms with E-state index in [9.17, 15) is 4.39 Å². The van der Waals surface area contributed by atoms with Gasteiger partial charge < -0.3 is 15.0 Å². The number of fused-ring (bicyclic) bond motifs is 2. The van der Waals surface area contributed by atoms with Gasteiger partial charge in [0, 0.05) is 42.5 Å². The number of anilines is 1. The Morgan fingerprint density at radius 2 is 2.06 bits per heavy atom. The Balaban J connectivity index is 1.46. The number of morpholine rings is 1. The van der Waals surface area contributed by atoms with Gasteiger partial charge in [0.2, 0.25) is 0 Å². The molecule has 31 heavy (non-hydrogen) atoms. The third-order valence-electron chi connectivity index (χ3n) is 5.71. The molecular weight excluding hydrogens is 397 g/mol. The first-order valence-corrected chi connectivity index (χ1v) is 10.5. The van der Waals surface area contributed by atoms with Crippen LogP contribution in [-0.2, 0) is 11.2 Å². The fourth-order valence-electron chi connectivity index (χ4n) is 3.99. The van der Waals surface area contributed by atoms with Gasteiger partial charge in [-0.25, -0.2) is 19.3 Å². The molecule has 0 aliphatic carbocycles. The Morgan fingerprint density at radius 1 is 1.19 bits per heavy atom. The topological polar surface area (TPSA) is 91.9 Å². The molecule has 0 unspecified atom stereocenters. The molecule has 1 aliphatic rings. The van der Waals surface area contributed by atoms with Gasteiger partial charge in [0.25, 0.3) is 0 Å². The highest BCUT2D eigenvalue weighted by atomic mass is 19.1. The highest BCUT2D eigenvalue weighted by Crippen LogP contribution is 2.27. The standard InChI is InChI=1S/C22H24FN7O/c1-14(28-22-20-21(25-12-24-20)26-13-27-22)19-11-16-15(3-2-4-17(16)23)18(29-19)5-6-30-7-9-31-10-8-30/h2-4,11-14H,5-10H2,1H3,(H2,24,25,26,27,28)/t14-/m0/s1. The summed E-state index contributed by atoms with van der Waals surface area (Å²) in [4.78, 5) is 23.0. The van der Waals surface area contributed by atoms with E-state index in [2.05, 4.69) is 30.2 Å². The van der Waals surface area contributed by atoms with Gasteiger partial charge in [-0.3, -0.25) is 9.88 Å². The van der Waals surface area contributed by atoms with Crippen molar-refractivity contribution in [3.8, 4) is 0 Å². The van der Waals surface area contributed by atoms with E-state index in [0.29, 0.717) is 16.9 Å². The van der Waals surface area contributed by atoms with Crippen molar-refractivity contribution in [1.29, 1.82) is 0 Å². The van der Waals surface area contributed by atoms with Gasteiger partial charge in [0.15, 0.2) is 11.5 Å². The van der Waals surface area contributed by atoms with Crippen LogP contribution in [0.25, 0.3) is 21.9 Å². The Morgan fingerprint density at radius 3 is 2.94 bits per heavy atom. The molecule has 0 spiro atoms. The molecule has 8 nitrogen and oxygen atoms in total. The summed E-state index contributed by atoms with van der Waals surface area (Å²) >= 11 is 0. The Labute approximate surface area is 178 Å². The van der Waals surface area contributed by atoms with Crippen LogP contribution in [0.5, 0.6) is 0 Å². The van der Waals surface area contributed by atoms with E-state index in [1.165, 1.54) is 12.4 Å². The summed E-state index contributed by atoms with van der Waals surface area (Å²) in [5, 5.41) is 4.82. The van der Waals surface area contributed by atoms with E-state index in [0.717, 1.165) is 61.6 Å². The molecule has 3 aromatic heterocycles. The monoisotopic (exact) mass is 421 g/mol. The van der Waals surface area contributed by atoms with Crippen molar-refractivity contribution in [2.75, 3.05) is 38.2 Å². The lowest BCUT2D eigenvalue weighted by molar-refractivity contribution is 0.0384. The largest absolute Gasteiger partial charge is 0.379 e. The number of pyridine rings is 1. The minimum Gasteiger partial charge on any atom is -0.379 e. The van der Waals surface area contributed by atoms with Gasteiger partial charge in [0.05, 0.1) is 31.3 Å². The second-order valence-corrected chi connectivity index (χ2v) is 7.72. The number of halogens is 1. The molecule has 0 amide bonds. The van der Waals surface area contributed by atoms with Crippen molar-refractivity contribution in [2.45, 2.75) is 19.4 Å². The highest BCUT2D eigenvalue weighted by Gasteiger charge is 2.17. The second-order valence-electron chi connectivity index (χ2n) is 7.72. The molecule has 1 saturated heterocycles. The zero-order valence-corrected chi connectivity index (χ0v) is 17.3. The molecule has 2 N–H and O–H groups in total. The molecule has 5 rings (SSSR count). The number of rotatable bonds is 6. The third kappa shape index (κ3) is 4.06. The zero-order valence-electron chi connectivity index (χ0n) is 17.3. The fourth-order valence-corrected chi connectivity index (χ4v) is 3.99. The zero-order chi connectivity index (χ0) is 21.2. The molecule has 1 fully saturated rings. The normalized spacial score (nSPS) is 16.1. The van der Waals surface area contributed by atoms with Crippen LogP contribution < -0.4 is 5.32 Å². The average Bonchev–Trinajstić information content (AvgIpc) is 3.28. The van der Waals surface area contributed by atoms with Crippen molar-refractivity contribution in [1.82, 2.24) is 29.8 Å². The van der Waals surface area contributed by atoms with Gasteiger partial charge in [-0.05, 0) is 19.1 Å². The van der Waals surface area contributed by atoms with Gasteiger partial charge >= 0.3 is 0 Å². The summed E-state index contributed by atoms with van der Waals surface area (Å²) in [6.45, 7) is 6.20. The molecule has 0 saturated carbocycles. The lowest BCUT2D eigenvalue weighted by atomic mass is 10.0. The SMILES string of the molecule is C[C@H](Nc1ncnc2nc[nH]c12)c1cc2c(F)cccc2c(CCN2CCOCC2)n1. The van der Waals surface area contributed by atoms with Gasteiger partial charge in [0.1, 0.15) is 17.7 Å². The molecule has 4 heterocycles. The van der Waals surface area contributed by atoms with Crippen LogP contribution in [-0.4, -0.2) is 62.7 Å². The first kappa shape index (κ1) is 19.8. The van der Waals surface area contributed by atoms with Gasteiger partial charge in [-0.2, -0.15) is 0 Å². The predicted molar refractivity (Wildman–Crippen MR) is 116 cm³/mol. The maximum atomic E-state index is 14.7. The van der Waals surface area contributed by atoms with Crippen molar-refractivity contribution in [3.05, 3.63) is 54.1 Å². The fraction of sp³-hybridized carbons (Fsp3) is 0.364. The summed E-state index contributed by atoms with van der Waals surface area (Å²) < 4.78 is 20.1. The van der Waals surface area contributed by atoms with Crippen LogP contribution in [0, 0.1) is 5.82 Å². The van der Waals surface area contributed by atoms with Crippen LogP contribution in [0.1, 0.15) is 24.4 Å². The van der Waals surface area contributed by atoms with Crippen LogP contribution in [0.2, 0.25) is 0 Å². The number of hydrogen-bond donors (Lipinski definition) is 2. The number of imidazole rings is 1. The van der Waals surface area contributed by atoms with Crippen LogP contribution in [0.15, 0.2) is 36.9 Å². The molecule has 1 aromatic carbocycles. The number of nitrogens with zero attached hydrogens (tertiary/aromatic N) is 5. The van der Waals surface area contributed by atoms with Crippen LogP contribution >= 0.6 is 0 Å². The lowest BCUT2D eigenvalue weighted by Gasteiger charge is -2.26. The van der Waals surface area contributed by atoms with Gasteiger partial charge in [-0.1, -0.05) is 12.1 Å². The first-order valence-electron chi connectivity index (χ1n) is 10.5. The van der Waals surface area contributed by atoms with E-state index >= 15 is 0 Å². The Kier molecular flexibility index (Phi) is 5.44. The molecular formula is C22H24FN7O. The lowest BCUT2D eigenvalue weighted by Crippen LogP contribution is -2.37. The minimum atomic E-state index is -0.237. The van der Waals surface area contributed by atoms with Crippen molar-refractivity contribution in [3.63, 3.8) is 0 Å². The third-order valence-corrected chi connectivity index (χ3v) is 5.71. The van der Waals surface area contributed by atoms with E-state index in [-0.39, 0.29) is 11.9 Å². The number of aromatic nitrogens is 5. The van der Waals surface area contributed by atoms with Crippen LogP contribution in [0.3, 0.4) is 0 Å². The molecule has 0 bridgehead atoms. The summed E-state index contributed by atoms with van der Waals surface area (Å²) in [5.41, 5.74) is 2.99. The summed E-state index contributed by atoms with van der Waals surface area (Å²) in [6, 6.07) is 6.82. The van der Waals surface area contributed by atoms with Crippen molar-refractivity contribution in [2.24, 2.45) is 0 Å². The molecule has 4 aromatic rings. The smallest absolute Gasteiger partial charge is 0.182 e. The molecule has 0 radical (unpaired) electrons. The number of hydrogen-bond acceptors (Lipinski definition) is 7. The number of aromatic amines is 1. The first-order chi connectivity index (χ1) is 15.2. The molecule has 1 atom stereocenters. The maximum Gasteiger partial charge on any atom is 0.182 e. The van der Waals surface area contributed by atoms with E-state index in [1.54, 1.807) is 12.4 Å². The Bertz CT molecular complexity index is 1210. The minimum absolute atomic E-state index is 0.187. The number of H-pyrrole nitrogens is 1. The quantitative estimate of drug-likeness (QED) is 0.494. The van der Waals surface area contributed by atoms with Gasteiger partial charge in [-0.15, -0.1) is 0 Å². The molecule has 9 heteroatoms. The number of ether oxygens (including phenoxy) is 1. The molecule has 1 aliphatic heterocycles. The number of nitrogens with one attached hydrogen (secondary N) is 2.